The van der Waals surface area contributed by atoms with Crippen LogP contribution in [0.15, 0.2) is 48.5 Å². The molecule has 5 nitrogen and oxygen atoms in total. The lowest BCUT2D eigenvalue weighted by atomic mass is 9.90. The Kier molecular flexibility index (Phi) is 5.41. The maximum atomic E-state index is 13.1. The smallest absolute Gasteiger partial charge is 0.333 e. The number of nitrogens with one attached hydrogen (secondary N) is 1. The molecule has 0 saturated heterocycles. The Bertz CT molecular complexity index is 758. The Balaban J connectivity index is 2.24. The number of amides is 1. The number of carbonyl (C=O) groups is 2. The second kappa shape index (κ2) is 7.34. The number of ether oxygens (including phenoxy) is 1. The van der Waals surface area contributed by atoms with Crippen LogP contribution >= 0.6 is 0 Å². The molecule has 6 heteroatoms. The summed E-state index contributed by atoms with van der Waals surface area (Å²) in [7, 11) is 1.55. The van der Waals surface area contributed by atoms with Crippen molar-refractivity contribution in [2.24, 2.45) is 0 Å². The van der Waals surface area contributed by atoms with E-state index in [1.165, 1.54) is 19.1 Å². The molecule has 0 aliphatic heterocycles. The molecule has 2 aromatic rings. The number of aliphatic carboxylic acids is 1. The van der Waals surface area contributed by atoms with Crippen LogP contribution in [0.25, 0.3) is 0 Å². The number of methoxy groups -OCH3 is 1. The number of hydrogen-bond acceptors (Lipinski definition) is 3. The van der Waals surface area contributed by atoms with Crippen LogP contribution in [-0.2, 0) is 15.1 Å². The normalized spacial score (nSPS) is 14.2. The molecule has 0 spiro atoms. The summed E-state index contributed by atoms with van der Waals surface area (Å²) in [6.07, 6.45) is 0. The summed E-state index contributed by atoms with van der Waals surface area (Å²) < 4.78 is 18.2. The molecule has 2 aromatic carbocycles. The number of halogens is 1. The zero-order valence-electron chi connectivity index (χ0n) is 14.2. The molecule has 0 saturated carbocycles. The average molecular weight is 345 g/mol. The van der Waals surface area contributed by atoms with Gasteiger partial charge in [-0.2, -0.15) is 0 Å². The second-order valence-electron chi connectivity index (χ2n) is 5.92. The molecule has 2 unspecified atom stereocenters. The highest BCUT2D eigenvalue weighted by molar-refractivity contribution is 5.90. The minimum atomic E-state index is -1.66. The Hall–Kier alpha value is -2.89. The maximum Gasteiger partial charge on any atom is 0.333 e. The third-order valence-electron chi connectivity index (χ3n) is 4.23. The van der Waals surface area contributed by atoms with Crippen LogP contribution in [0.5, 0.6) is 5.75 Å². The molecule has 25 heavy (non-hydrogen) atoms. The summed E-state index contributed by atoms with van der Waals surface area (Å²) in [4.78, 5) is 24.3. The molecule has 0 aliphatic rings. The van der Waals surface area contributed by atoms with Gasteiger partial charge in [0.25, 0.3) is 0 Å². The number of carboxylic acids is 1. The molecule has 1 amide bonds. The van der Waals surface area contributed by atoms with E-state index in [0.717, 1.165) is 17.7 Å². The van der Waals surface area contributed by atoms with Crippen LogP contribution in [0.3, 0.4) is 0 Å². The van der Waals surface area contributed by atoms with Gasteiger partial charge in [-0.1, -0.05) is 24.3 Å². The highest BCUT2D eigenvalue weighted by atomic mass is 19.1. The summed E-state index contributed by atoms with van der Waals surface area (Å²) in [5.74, 6) is -2.05. The molecular weight excluding hydrogens is 325 g/mol. The van der Waals surface area contributed by atoms with Crippen LogP contribution in [-0.4, -0.2) is 24.1 Å². The molecule has 0 bridgehead atoms. The van der Waals surface area contributed by atoms with Gasteiger partial charge in [-0.25, -0.2) is 9.18 Å². The Morgan fingerprint density at radius 2 is 1.68 bits per heavy atom. The topological polar surface area (TPSA) is 75.6 Å². The fourth-order valence-corrected chi connectivity index (χ4v) is 2.43. The predicted octanol–water partition coefficient (Wildman–Crippen LogP) is 3.05. The molecular formula is C19H20FNO4. The minimum absolute atomic E-state index is 0.289. The van der Waals surface area contributed by atoms with E-state index in [0.29, 0.717) is 5.75 Å². The lowest BCUT2D eigenvalue weighted by Gasteiger charge is -2.28. The van der Waals surface area contributed by atoms with E-state index < -0.39 is 29.2 Å². The van der Waals surface area contributed by atoms with Gasteiger partial charge in [-0.3, -0.25) is 4.79 Å². The first kappa shape index (κ1) is 18.4. The van der Waals surface area contributed by atoms with Crippen molar-refractivity contribution < 1.29 is 23.8 Å². The first-order valence-corrected chi connectivity index (χ1v) is 7.73. The van der Waals surface area contributed by atoms with E-state index in [1.54, 1.807) is 38.3 Å². The van der Waals surface area contributed by atoms with Crippen LogP contribution < -0.4 is 10.1 Å². The van der Waals surface area contributed by atoms with Crippen LogP contribution in [0.1, 0.15) is 30.9 Å². The first-order chi connectivity index (χ1) is 11.8. The van der Waals surface area contributed by atoms with Gasteiger partial charge >= 0.3 is 5.97 Å². The van der Waals surface area contributed by atoms with Gasteiger partial charge in [0.2, 0.25) is 5.91 Å². The number of carboxylic acid groups (broad SMARTS) is 1. The lowest BCUT2D eigenvalue weighted by molar-refractivity contribution is -0.147. The SMILES string of the molecule is COc1ccc(C(C)C(=O)NC(C)(C(=O)O)c2ccc(F)cc2)cc1. The van der Waals surface area contributed by atoms with Crippen LogP contribution in [0.4, 0.5) is 4.39 Å². The first-order valence-electron chi connectivity index (χ1n) is 7.73. The summed E-state index contributed by atoms with van der Waals surface area (Å²) >= 11 is 0. The molecule has 0 radical (unpaired) electrons. The van der Waals surface area contributed by atoms with Crippen molar-refractivity contribution in [3.05, 3.63) is 65.5 Å². The van der Waals surface area contributed by atoms with Crippen molar-refractivity contribution in [2.75, 3.05) is 7.11 Å². The van der Waals surface area contributed by atoms with Gasteiger partial charge in [-0.05, 0) is 49.2 Å². The zero-order chi connectivity index (χ0) is 18.6. The molecule has 0 heterocycles. The summed E-state index contributed by atoms with van der Waals surface area (Å²) in [6, 6.07) is 12.0. The summed E-state index contributed by atoms with van der Waals surface area (Å²) in [5.41, 5.74) is -0.646. The largest absolute Gasteiger partial charge is 0.497 e. The van der Waals surface area contributed by atoms with Crippen molar-refractivity contribution in [1.82, 2.24) is 5.32 Å². The molecule has 0 fully saturated rings. The van der Waals surface area contributed by atoms with Crippen molar-refractivity contribution in [3.63, 3.8) is 0 Å². The molecule has 2 rings (SSSR count). The second-order valence-corrected chi connectivity index (χ2v) is 5.92. The van der Waals surface area contributed by atoms with Gasteiger partial charge in [0.05, 0.1) is 13.0 Å². The van der Waals surface area contributed by atoms with Crippen LogP contribution in [0.2, 0.25) is 0 Å². The average Bonchev–Trinajstić information content (AvgIpc) is 2.61. The van der Waals surface area contributed by atoms with Gasteiger partial charge in [-0.15, -0.1) is 0 Å². The number of rotatable bonds is 6. The predicted molar refractivity (Wildman–Crippen MR) is 90.9 cm³/mol. The van der Waals surface area contributed by atoms with Gasteiger partial charge in [0, 0.05) is 0 Å². The van der Waals surface area contributed by atoms with Crippen molar-refractivity contribution in [1.29, 1.82) is 0 Å². The van der Waals surface area contributed by atoms with Gasteiger partial charge in [0.15, 0.2) is 5.54 Å². The van der Waals surface area contributed by atoms with Crippen molar-refractivity contribution >= 4 is 11.9 Å². The maximum absolute atomic E-state index is 13.1. The molecule has 0 aliphatic carbocycles. The molecule has 0 aromatic heterocycles. The monoisotopic (exact) mass is 345 g/mol. The Morgan fingerprint density at radius 3 is 2.16 bits per heavy atom. The highest BCUT2D eigenvalue weighted by Crippen LogP contribution is 2.25. The van der Waals surface area contributed by atoms with Crippen LogP contribution in [0, 0.1) is 5.82 Å². The number of benzene rings is 2. The van der Waals surface area contributed by atoms with Crippen molar-refractivity contribution in [3.8, 4) is 5.75 Å². The third kappa shape index (κ3) is 3.96. The third-order valence-corrected chi connectivity index (χ3v) is 4.23. The van der Waals surface area contributed by atoms with E-state index >= 15 is 0 Å². The standard InChI is InChI=1S/C19H20FNO4/c1-12(13-4-10-16(25-3)11-5-13)17(22)21-19(2,18(23)24)14-6-8-15(20)9-7-14/h4-12H,1-3H3,(H,21,22)(H,23,24). The number of hydrogen-bond donors (Lipinski definition) is 2. The molecule has 132 valence electrons. The lowest BCUT2D eigenvalue weighted by Crippen LogP contribution is -2.50. The number of carbonyl (C=O) groups excluding carboxylic acids is 1. The fourth-order valence-electron chi connectivity index (χ4n) is 2.43. The minimum Gasteiger partial charge on any atom is -0.497 e. The molecule has 2 N–H and O–H groups in total. The fraction of sp³-hybridized carbons (Fsp3) is 0.263. The van der Waals surface area contributed by atoms with Gasteiger partial charge < -0.3 is 15.2 Å². The summed E-state index contributed by atoms with van der Waals surface area (Å²) in [5, 5.41) is 12.2. The van der Waals surface area contributed by atoms with E-state index in [2.05, 4.69) is 5.32 Å². The van der Waals surface area contributed by atoms with E-state index in [9.17, 15) is 19.1 Å². The van der Waals surface area contributed by atoms with Crippen molar-refractivity contribution in [2.45, 2.75) is 25.3 Å². The highest BCUT2D eigenvalue weighted by Gasteiger charge is 2.38. The van der Waals surface area contributed by atoms with Gasteiger partial charge in [0.1, 0.15) is 11.6 Å². The molecule has 2 atom stereocenters. The quantitative estimate of drug-likeness (QED) is 0.844. The van der Waals surface area contributed by atoms with E-state index in [4.69, 9.17) is 4.74 Å². The van der Waals surface area contributed by atoms with E-state index in [1.807, 2.05) is 0 Å². The zero-order valence-corrected chi connectivity index (χ0v) is 14.2. The Morgan fingerprint density at radius 1 is 1.12 bits per heavy atom. The van der Waals surface area contributed by atoms with E-state index in [-0.39, 0.29) is 5.56 Å². The summed E-state index contributed by atoms with van der Waals surface area (Å²) in [6.45, 7) is 3.06. The Labute approximate surface area is 145 Å².